The average molecular weight is 463 g/mol. The fourth-order valence-corrected chi connectivity index (χ4v) is 4.18. The topological polar surface area (TPSA) is 100 Å². The molecule has 32 heavy (non-hydrogen) atoms. The molecule has 1 unspecified atom stereocenters. The number of nitrogens with one attached hydrogen (secondary N) is 2. The number of halogens is 1. The second-order valence-electron chi connectivity index (χ2n) is 8.42. The van der Waals surface area contributed by atoms with E-state index in [2.05, 4.69) is 37.6 Å². The van der Waals surface area contributed by atoms with Crippen molar-refractivity contribution in [3.05, 3.63) is 23.1 Å². The van der Waals surface area contributed by atoms with Crippen molar-refractivity contribution in [1.29, 1.82) is 0 Å². The van der Waals surface area contributed by atoms with Crippen LogP contribution in [-0.2, 0) is 4.74 Å². The highest BCUT2D eigenvalue weighted by molar-refractivity contribution is 6.32. The molecular weight excluding hydrogens is 432 g/mol. The van der Waals surface area contributed by atoms with Gasteiger partial charge in [-0.25, -0.2) is 9.78 Å². The number of aryl methyl sites for hydroxylation is 1. The number of ether oxygens (including phenoxy) is 1. The standard InChI is InChI=1S/C21H31ClN8O2/c1-15-18(14-30(27-15)16-6-10-28(2)13-16)25-20-24-12-17(22)19(26-20)23-7-5-9-29-8-3-4-11-32-21(29)31/h12,14,16H,3-11,13H2,1-2H3,(H2,23,24,25,26). The number of anilines is 3. The van der Waals surface area contributed by atoms with Crippen LogP contribution in [0.15, 0.2) is 12.4 Å². The van der Waals surface area contributed by atoms with Crippen LogP contribution in [-0.4, -0.2) is 82.0 Å². The normalized spacial score (nSPS) is 19.7. The summed E-state index contributed by atoms with van der Waals surface area (Å²) in [6.45, 7) is 6.57. The minimum atomic E-state index is -0.228. The lowest BCUT2D eigenvalue weighted by atomic mass is 10.3. The molecule has 2 fully saturated rings. The van der Waals surface area contributed by atoms with Crippen LogP contribution in [0.2, 0.25) is 5.02 Å². The van der Waals surface area contributed by atoms with Crippen LogP contribution >= 0.6 is 11.6 Å². The van der Waals surface area contributed by atoms with Crippen LogP contribution < -0.4 is 10.6 Å². The fraction of sp³-hybridized carbons (Fsp3) is 0.619. The third kappa shape index (κ3) is 5.60. The van der Waals surface area contributed by atoms with Gasteiger partial charge < -0.3 is 25.2 Å². The van der Waals surface area contributed by atoms with Gasteiger partial charge in [-0.1, -0.05) is 11.6 Å². The number of likely N-dealkylation sites (tertiary alicyclic amines) is 1. The number of amides is 1. The Labute approximate surface area is 193 Å². The van der Waals surface area contributed by atoms with E-state index >= 15 is 0 Å². The van der Waals surface area contributed by atoms with Crippen molar-refractivity contribution in [2.75, 3.05) is 57.0 Å². The molecule has 2 aromatic rings. The molecule has 2 saturated heterocycles. The SMILES string of the molecule is Cc1nn(C2CCN(C)C2)cc1Nc1ncc(Cl)c(NCCCN2CCCCOC2=O)n1. The summed E-state index contributed by atoms with van der Waals surface area (Å²) in [5.74, 6) is 1.02. The molecule has 0 radical (unpaired) electrons. The van der Waals surface area contributed by atoms with Crippen molar-refractivity contribution in [3.8, 4) is 0 Å². The zero-order valence-electron chi connectivity index (χ0n) is 18.7. The van der Waals surface area contributed by atoms with Crippen molar-refractivity contribution in [1.82, 2.24) is 29.5 Å². The van der Waals surface area contributed by atoms with E-state index in [4.69, 9.17) is 16.3 Å². The van der Waals surface area contributed by atoms with Gasteiger partial charge in [0.1, 0.15) is 10.8 Å². The zero-order valence-corrected chi connectivity index (χ0v) is 19.4. The number of rotatable bonds is 8. The molecule has 2 aliphatic rings. The molecule has 0 saturated carbocycles. The van der Waals surface area contributed by atoms with Crippen LogP contribution in [0.25, 0.3) is 0 Å². The van der Waals surface area contributed by atoms with E-state index < -0.39 is 0 Å². The highest BCUT2D eigenvalue weighted by Gasteiger charge is 2.23. The molecule has 0 aromatic carbocycles. The first-order valence-electron chi connectivity index (χ1n) is 11.2. The molecule has 0 bridgehead atoms. The molecule has 10 nitrogen and oxygen atoms in total. The fourth-order valence-electron chi connectivity index (χ4n) is 4.02. The lowest BCUT2D eigenvalue weighted by Crippen LogP contribution is -2.32. The van der Waals surface area contributed by atoms with Gasteiger partial charge in [0.05, 0.1) is 30.2 Å². The van der Waals surface area contributed by atoms with E-state index in [1.165, 1.54) is 0 Å². The molecule has 4 rings (SSSR count). The summed E-state index contributed by atoms with van der Waals surface area (Å²) in [5.41, 5.74) is 1.78. The molecule has 2 N–H and O–H groups in total. The van der Waals surface area contributed by atoms with Gasteiger partial charge in [-0.2, -0.15) is 10.1 Å². The van der Waals surface area contributed by atoms with Crippen molar-refractivity contribution in [2.45, 2.75) is 38.6 Å². The van der Waals surface area contributed by atoms with Gasteiger partial charge in [-0.05, 0) is 46.2 Å². The molecule has 1 amide bonds. The lowest BCUT2D eigenvalue weighted by molar-refractivity contribution is 0.116. The lowest BCUT2D eigenvalue weighted by Gasteiger charge is -2.19. The summed E-state index contributed by atoms with van der Waals surface area (Å²) in [4.78, 5) is 24.8. The van der Waals surface area contributed by atoms with E-state index in [9.17, 15) is 4.79 Å². The highest BCUT2D eigenvalue weighted by Crippen LogP contribution is 2.26. The van der Waals surface area contributed by atoms with Gasteiger partial charge >= 0.3 is 6.09 Å². The third-order valence-corrected chi connectivity index (χ3v) is 6.13. The summed E-state index contributed by atoms with van der Waals surface area (Å²) in [6, 6.07) is 0.388. The largest absolute Gasteiger partial charge is 0.449 e. The molecule has 11 heteroatoms. The summed E-state index contributed by atoms with van der Waals surface area (Å²) in [5, 5.41) is 11.6. The number of likely N-dealkylation sites (N-methyl/N-ethyl adjacent to an activating group) is 1. The van der Waals surface area contributed by atoms with Gasteiger partial charge in [0.2, 0.25) is 5.95 Å². The Morgan fingerprint density at radius 1 is 1.31 bits per heavy atom. The predicted octanol–water partition coefficient (Wildman–Crippen LogP) is 3.29. The van der Waals surface area contributed by atoms with Gasteiger partial charge in [-0.3, -0.25) is 4.68 Å². The van der Waals surface area contributed by atoms with Gasteiger partial charge in [-0.15, -0.1) is 0 Å². The number of cyclic esters (lactones) is 1. The molecular formula is C21H31ClN8O2. The van der Waals surface area contributed by atoms with Gasteiger partial charge in [0, 0.05) is 32.4 Å². The van der Waals surface area contributed by atoms with Crippen LogP contribution in [0.5, 0.6) is 0 Å². The molecule has 174 valence electrons. The predicted molar refractivity (Wildman–Crippen MR) is 124 cm³/mol. The Hall–Kier alpha value is -2.59. The zero-order chi connectivity index (χ0) is 22.5. The minimum absolute atomic E-state index is 0.228. The first kappa shape index (κ1) is 22.6. The maximum Gasteiger partial charge on any atom is 0.409 e. The summed E-state index contributed by atoms with van der Waals surface area (Å²) in [7, 11) is 2.13. The van der Waals surface area contributed by atoms with E-state index in [1.807, 2.05) is 17.8 Å². The highest BCUT2D eigenvalue weighted by atomic mass is 35.5. The summed E-state index contributed by atoms with van der Waals surface area (Å²) >= 11 is 6.29. The minimum Gasteiger partial charge on any atom is -0.449 e. The van der Waals surface area contributed by atoms with Crippen LogP contribution in [0.3, 0.4) is 0 Å². The van der Waals surface area contributed by atoms with E-state index in [0.29, 0.717) is 42.5 Å². The number of nitrogens with zero attached hydrogens (tertiary/aromatic N) is 6. The van der Waals surface area contributed by atoms with E-state index in [0.717, 1.165) is 56.7 Å². The Bertz CT molecular complexity index is 937. The first-order valence-corrected chi connectivity index (χ1v) is 11.6. The summed E-state index contributed by atoms with van der Waals surface area (Å²) in [6.07, 6.45) is 7.12. The quantitative estimate of drug-likeness (QED) is 0.576. The first-order chi connectivity index (χ1) is 15.5. The molecule has 0 spiro atoms. The Morgan fingerprint density at radius 2 is 2.19 bits per heavy atom. The Balaban J connectivity index is 1.32. The summed E-state index contributed by atoms with van der Waals surface area (Å²) < 4.78 is 7.21. The van der Waals surface area contributed by atoms with Gasteiger partial charge in [0.15, 0.2) is 0 Å². The molecule has 2 aliphatic heterocycles. The number of hydrogen-bond acceptors (Lipinski definition) is 8. The number of carbonyl (C=O) groups excluding carboxylic acids is 1. The van der Waals surface area contributed by atoms with Crippen LogP contribution in [0, 0.1) is 6.92 Å². The third-order valence-electron chi connectivity index (χ3n) is 5.85. The van der Waals surface area contributed by atoms with Crippen molar-refractivity contribution < 1.29 is 9.53 Å². The Morgan fingerprint density at radius 3 is 3.00 bits per heavy atom. The molecule has 0 aliphatic carbocycles. The Kier molecular flexibility index (Phi) is 7.31. The maximum atomic E-state index is 11.9. The van der Waals surface area contributed by atoms with E-state index in [-0.39, 0.29) is 6.09 Å². The van der Waals surface area contributed by atoms with Crippen LogP contribution in [0.4, 0.5) is 22.2 Å². The second-order valence-corrected chi connectivity index (χ2v) is 8.82. The van der Waals surface area contributed by atoms with Crippen molar-refractivity contribution in [3.63, 3.8) is 0 Å². The number of aromatic nitrogens is 4. The molecule has 4 heterocycles. The smallest absolute Gasteiger partial charge is 0.409 e. The van der Waals surface area contributed by atoms with Gasteiger partial charge in [0.25, 0.3) is 0 Å². The number of carbonyl (C=O) groups is 1. The molecule has 2 aromatic heterocycles. The van der Waals surface area contributed by atoms with E-state index in [1.54, 1.807) is 11.1 Å². The average Bonchev–Trinajstić information content (AvgIpc) is 3.30. The second kappa shape index (κ2) is 10.4. The molecule has 1 atom stereocenters. The number of hydrogen-bond donors (Lipinski definition) is 2. The monoisotopic (exact) mass is 462 g/mol. The van der Waals surface area contributed by atoms with Crippen molar-refractivity contribution in [2.24, 2.45) is 0 Å². The van der Waals surface area contributed by atoms with Crippen molar-refractivity contribution >= 4 is 35.1 Å². The van der Waals surface area contributed by atoms with Crippen LogP contribution in [0.1, 0.15) is 37.4 Å². The maximum absolute atomic E-state index is 11.9.